The Labute approximate surface area is 168 Å². The molecule has 1 aromatic heterocycles. The highest BCUT2D eigenvalue weighted by molar-refractivity contribution is 5.63. The number of nitrogens with zero attached hydrogens (tertiary/aromatic N) is 2. The van der Waals surface area contributed by atoms with E-state index in [1.54, 1.807) is 55.5 Å². The van der Waals surface area contributed by atoms with Crippen molar-refractivity contribution in [3.63, 3.8) is 0 Å². The fourth-order valence-corrected chi connectivity index (χ4v) is 3.12. The largest absolute Gasteiger partial charge is 0.458 e. The summed E-state index contributed by atoms with van der Waals surface area (Å²) in [6.45, 7) is 1.62. The van der Waals surface area contributed by atoms with Gasteiger partial charge in [-0.25, -0.2) is 0 Å². The number of halogens is 5. The maximum Gasteiger partial charge on any atom is 0.458 e. The quantitative estimate of drug-likeness (QED) is 0.533. The molecule has 0 spiro atoms. The highest BCUT2D eigenvalue weighted by Gasteiger charge is 2.60. The lowest BCUT2D eigenvalue weighted by Crippen LogP contribution is -2.38. The van der Waals surface area contributed by atoms with Gasteiger partial charge in [-0.1, -0.05) is 54.1 Å². The number of nitriles is 1. The average Bonchev–Trinajstić information content (AvgIpc) is 2.69. The minimum Gasteiger partial charge on any atom is -0.303 e. The Bertz CT molecular complexity index is 1170. The Morgan fingerprint density at radius 3 is 2.20 bits per heavy atom. The smallest absolute Gasteiger partial charge is 0.303 e. The van der Waals surface area contributed by atoms with Gasteiger partial charge in [0, 0.05) is 0 Å². The van der Waals surface area contributed by atoms with E-state index < -0.39 is 28.8 Å². The second-order valence-electron chi connectivity index (χ2n) is 6.75. The van der Waals surface area contributed by atoms with Gasteiger partial charge in [-0.3, -0.25) is 4.79 Å². The molecule has 0 bridgehead atoms. The van der Waals surface area contributed by atoms with Crippen LogP contribution in [0.1, 0.15) is 22.3 Å². The van der Waals surface area contributed by atoms with Crippen LogP contribution >= 0.6 is 0 Å². The lowest BCUT2D eigenvalue weighted by atomic mass is 9.98. The number of alkyl halides is 5. The summed E-state index contributed by atoms with van der Waals surface area (Å²) in [5.41, 5.74) is -2.60. The number of rotatable bonds is 4. The van der Waals surface area contributed by atoms with Crippen molar-refractivity contribution in [2.75, 3.05) is 0 Å². The molecule has 154 valence electrons. The Balaban J connectivity index is 2.37. The monoisotopic (exact) mass is 418 g/mol. The van der Waals surface area contributed by atoms with Gasteiger partial charge in [0.2, 0.25) is 0 Å². The fourth-order valence-electron chi connectivity index (χ4n) is 3.12. The van der Waals surface area contributed by atoms with Crippen molar-refractivity contribution in [3.05, 3.63) is 93.3 Å². The van der Waals surface area contributed by atoms with Crippen molar-refractivity contribution in [1.82, 2.24) is 4.57 Å². The van der Waals surface area contributed by atoms with Crippen LogP contribution in [0.5, 0.6) is 0 Å². The van der Waals surface area contributed by atoms with Gasteiger partial charge in [0.05, 0.1) is 17.8 Å². The SMILES string of the molecule is Cc1cccc(-c2cc(C(F)(F)C(F)(F)F)c(C#N)c(=O)n2Cc2ccccc2)c1. The summed E-state index contributed by atoms with van der Waals surface area (Å²) in [6.07, 6.45) is -5.96. The molecule has 2 aromatic carbocycles. The topological polar surface area (TPSA) is 45.8 Å². The number of hydrogen-bond acceptors (Lipinski definition) is 2. The van der Waals surface area contributed by atoms with Crippen LogP contribution in [0, 0.1) is 18.3 Å². The Morgan fingerprint density at radius 2 is 1.63 bits per heavy atom. The molecular weight excluding hydrogens is 403 g/mol. The summed E-state index contributed by atoms with van der Waals surface area (Å²) in [7, 11) is 0. The van der Waals surface area contributed by atoms with E-state index in [-0.39, 0.29) is 17.8 Å². The van der Waals surface area contributed by atoms with Crippen LogP contribution < -0.4 is 5.56 Å². The number of aryl methyl sites for hydroxylation is 1. The third-order valence-corrected chi connectivity index (χ3v) is 4.60. The van der Waals surface area contributed by atoms with E-state index in [4.69, 9.17) is 0 Å². The molecule has 0 saturated heterocycles. The van der Waals surface area contributed by atoms with Crippen molar-refractivity contribution < 1.29 is 22.0 Å². The first-order valence-electron chi connectivity index (χ1n) is 8.80. The van der Waals surface area contributed by atoms with Crippen LogP contribution in [-0.4, -0.2) is 10.7 Å². The van der Waals surface area contributed by atoms with Crippen molar-refractivity contribution in [2.24, 2.45) is 0 Å². The highest BCUT2D eigenvalue weighted by atomic mass is 19.4. The summed E-state index contributed by atoms with van der Waals surface area (Å²) in [5, 5.41) is 9.26. The average molecular weight is 418 g/mol. The molecular formula is C22H15F5N2O. The summed E-state index contributed by atoms with van der Waals surface area (Å²) in [6, 6.07) is 16.7. The van der Waals surface area contributed by atoms with E-state index in [0.29, 0.717) is 11.6 Å². The molecule has 1 heterocycles. The maximum absolute atomic E-state index is 14.2. The lowest BCUT2D eigenvalue weighted by molar-refractivity contribution is -0.289. The molecule has 0 aliphatic carbocycles. The number of hydrogen-bond donors (Lipinski definition) is 0. The molecule has 0 unspecified atom stereocenters. The van der Waals surface area contributed by atoms with Gasteiger partial charge < -0.3 is 4.57 Å². The van der Waals surface area contributed by atoms with Crippen LogP contribution in [0.2, 0.25) is 0 Å². The molecule has 0 N–H and O–H groups in total. The molecule has 0 radical (unpaired) electrons. The van der Waals surface area contributed by atoms with Gasteiger partial charge in [0.15, 0.2) is 0 Å². The second-order valence-corrected chi connectivity index (χ2v) is 6.75. The molecule has 0 aliphatic rings. The predicted molar refractivity (Wildman–Crippen MR) is 101 cm³/mol. The molecule has 0 aliphatic heterocycles. The zero-order valence-corrected chi connectivity index (χ0v) is 15.7. The van der Waals surface area contributed by atoms with Gasteiger partial charge >= 0.3 is 12.1 Å². The Hall–Kier alpha value is -3.47. The molecule has 0 atom stereocenters. The third-order valence-electron chi connectivity index (χ3n) is 4.60. The Kier molecular flexibility index (Phi) is 5.49. The lowest BCUT2D eigenvalue weighted by Gasteiger charge is -2.23. The number of aromatic nitrogens is 1. The van der Waals surface area contributed by atoms with Gasteiger partial charge in [0.25, 0.3) is 5.56 Å². The molecule has 30 heavy (non-hydrogen) atoms. The standard InChI is InChI=1S/C22H15F5N2O/c1-14-6-5-9-16(10-14)19-11-18(21(23,24)22(25,26)27)17(12-28)20(30)29(19)13-15-7-3-2-4-8-15/h2-11H,13H2,1H3. The first kappa shape index (κ1) is 21.2. The van der Waals surface area contributed by atoms with Crippen molar-refractivity contribution >= 4 is 0 Å². The van der Waals surface area contributed by atoms with Gasteiger partial charge in [-0.2, -0.15) is 27.2 Å². The third kappa shape index (κ3) is 3.83. The van der Waals surface area contributed by atoms with Gasteiger partial charge in [-0.05, 0) is 30.2 Å². The van der Waals surface area contributed by atoms with Gasteiger partial charge in [0.1, 0.15) is 11.6 Å². The molecule has 3 nitrogen and oxygen atoms in total. The fraction of sp³-hybridized carbons (Fsp3) is 0.182. The van der Waals surface area contributed by atoms with Crippen LogP contribution in [0.4, 0.5) is 22.0 Å². The first-order chi connectivity index (χ1) is 14.1. The van der Waals surface area contributed by atoms with Crippen molar-refractivity contribution in [1.29, 1.82) is 5.26 Å². The van der Waals surface area contributed by atoms with Crippen LogP contribution in [0.15, 0.2) is 65.5 Å². The highest BCUT2D eigenvalue weighted by Crippen LogP contribution is 2.45. The first-order valence-corrected chi connectivity index (χ1v) is 8.80. The summed E-state index contributed by atoms with van der Waals surface area (Å²) < 4.78 is 68.6. The molecule has 0 amide bonds. The summed E-state index contributed by atoms with van der Waals surface area (Å²) >= 11 is 0. The molecule has 3 aromatic rings. The second kappa shape index (κ2) is 7.75. The van der Waals surface area contributed by atoms with E-state index in [1.807, 2.05) is 0 Å². The van der Waals surface area contributed by atoms with E-state index in [1.165, 1.54) is 12.1 Å². The normalized spacial score (nSPS) is 11.9. The zero-order chi connectivity index (χ0) is 22.1. The maximum atomic E-state index is 14.2. The van der Waals surface area contributed by atoms with Crippen molar-refractivity contribution in [3.8, 4) is 17.3 Å². The van der Waals surface area contributed by atoms with Crippen LogP contribution in [0.25, 0.3) is 11.3 Å². The number of pyridine rings is 1. The number of benzene rings is 2. The minimum atomic E-state index is -5.96. The minimum absolute atomic E-state index is 0.102. The molecule has 0 saturated carbocycles. The van der Waals surface area contributed by atoms with Crippen LogP contribution in [0.3, 0.4) is 0 Å². The van der Waals surface area contributed by atoms with Gasteiger partial charge in [-0.15, -0.1) is 0 Å². The van der Waals surface area contributed by atoms with Crippen LogP contribution in [-0.2, 0) is 12.5 Å². The molecule has 0 fully saturated rings. The van der Waals surface area contributed by atoms with E-state index in [9.17, 15) is 32.0 Å². The van der Waals surface area contributed by atoms with E-state index in [2.05, 4.69) is 0 Å². The Morgan fingerprint density at radius 1 is 0.967 bits per heavy atom. The zero-order valence-electron chi connectivity index (χ0n) is 15.7. The van der Waals surface area contributed by atoms with E-state index >= 15 is 0 Å². The van der Waals surface area contributed by atoms with E-state index in [0.717, 1.165) is 10.1 Å². The molecule has 3 rings (SSSR count). The summed E-state index contributed by atoms with van der Waals surface area (Å²) in [4.78, 5) is 12.9. The van der Waals surface area contributed by atoms with Crippen molar-refractivity contribution in [2.45, 2.75) is 25.6 Å². The summed E-state index contributed by atoms with van der Waals surface area (Å²) in [5.74, 6) is -5.36. The predicted octanol–water partition coefficient (Wildman–Crippen LogP) is 5.40. The molecule has 8 heteroatoms.